The van der Waals surface area contributed by atoms with Gasteiger partial charge in [-0.2, -0.15) is 0 Å². The molecule has 0 spiro atoms. The highest BCUT2D eigenvalue weighted by Crippen LogP contribution is 2.29. The van der Waals surface area contributed by atoms with Gasteiger partial charge in [-0.25, -0.2) is 4.39 Å². The normalized spacial score (nSPS) is 10.3. The van der Waals surface area contributed by atoms with Gasteiger partial charge in [-0.05, 0) is 54.1 Å². The van der Waals surface area contributed by atoms with Gasteiger partial charge in [-0.15, -0.1) is 0 Å². The molecule has 0 saturated heterocycles. The quantitative estimate of drug-likeness (QED) is 0.723. The van der Waals surface area contributed by atoms with Crippen molar-refractivity contribution >= 4 is 11.6 Å². The van der Waals surface area contributed by atoms with Crippen LogP contribution in [0.5, 0.6) is 11.5 Å². The standard InChI is InChI=1S/C20H17FN2O4/c1-26-14-7-9-17(18(11-14)27-2)23-20(25)15-8-10-16(22-19(15)24)12-3-5-13(21)6-4-12/h3-11H,1-2H3,(H,22,24)(H,23,25). The Kier molecular flexibility index (Phi) is 5.21. The number of carbonyl (C=O) groups excluding carboxylic acids is 1. The van der Waals surface area contributed by atoms with Crippen LogP contribution in [0.3, 0.4) is 0 Å². The van der Waals surface area contributed by atoms with Crippen LogP contribution < -0.4 is 20.3 Å². The van der Waals surface area contributed by atoms with Crippen LogP contribution >= 0.6 is 0 Å². The third-order valence-electron chi connectivity index (χ3n) is 3.97. The van der Waals surface area contributed by atoms with Crippen LogP contribution in [0, 0.1) is 5.82 Å². The Hall–Kier alpha value is -3.61. The van der Waals surface area contributed by atoms with Crippen molar-refractivity contribution in [3.05, 3.63) is 76.3 Å². The van der Waals surface area contributed by atoms with E-state index in [4.69, 9.17) is 9.47 Å². The first-order valence-corrected chi connectivity index (χ1v) is 8.04. The first-order valence-electron chi connectivity index (χ1n) is 8.04. The lowest BCUT2D eigenvalue weighted by Gasteiger charge is -2.11. The maximum absolute atomic E-state index is 13.0. The Morgan fingerprint density at radius 2 is 1.74 bits per heavy atom. The first kappa shape index (κ1) is 18.2. The number of anilines is 1. The highest BCUT2D eigenvalue weighted by Gasteiger charge is 2.14. The largest absolute Gasteiger partial charge is 0.497 e. The van der Waals surface area contributed by atoms with Crippen LogP contribution in [0.4, 0.5) is 10.1 Å². The van der Waals surface area contributed by atoms with Gasteiger partial charge in [-0.3, -0.25) is 9.59 Å². The number of amides is 1. The summed E-state index contributed by atoms with van der Waals surface area (Å²) in [6.07, 6.45) is 0. The fourth-order valence-corrected chi connectivity index (χ4v) is 2.54. The van der Waals surface area contributed by atoms with Crippen molar-refractivity contribution in [1.29, 1.82) is 0 Å². The molecule has 6 nitrogen and oxygen atoms in total. The summed E-state index contributed by atoms with van der Waals surface area (Å²) in [6.45, 7) is 0. The molecule has 0 aliphatic carbocycles. The number of aromatic nitrogens is 1. The zero-order valence-electron chi connectivity index (χ0n) is 14.7. The van der Waals surface area contributed by atoms with Gasteiger partial charge in [0.05, 0.1) is 19.9 Å². The van der Waals surface area contributed by atoms with Crippen LogP contribution in [0.25, 0.3) is 11.3 Å². The molecule has 2 aromatic carbocycles. The van der Waals surface area contributed by atoms with Gasteiger partial charge in [0.2, 0.25) is 0 Å². The molecule has 3 rings (SSSR count). The summed E-state index contributed by atoms with van der Waals surface area (Å²) in [5.74, 6) is 0.0318. The smallest absolute Gasteiger partial charge is 0.261 e. The van der Waals surface area contributed by atoms with Crippen LogP contribution in [0.1, 0.15) is 10.4 Å². The summed E-state index contributed by atoms with van der Waals surface area (Å²) in [4.78, 5) is 27.4. The molecule has 0 aliphatic rings. The minimum atomic E-state index is -0.578. The molecule has 2 N–H and O–H groups in total. The van der Waals surface area contributed by atoms with Crippen molar-refractivity contribution < 1.29 is 18.7 Å². The molecular weight excluding hydrogens is 351 g/mol. The van der Waals surface area contributed by atoms with E-state index in [1.807, 2.05) is 0 Å². The minimum Gasteiger partial charge on any atom is -0.497 e. The summed E-state index contributed by atoms with van der Waals surface area (Å²) >= 11 is 0. The Bertz CT molecular complexity index is 1030. The highest BCUT2D eigenvalue weighted by atomic mass is 19.1. The van der Waals surface area contributed by atoms with Gasteiger partial charge in [-0.1, -0.05) is 0 Å². The zero-order chi connectivity index (χ0) is 19.4. The van der Waals surface area contributed by atoms with Crippen molar-refractivity contribution in [1.82, 2.24) is 4.98 Å². The molecule has 0 unspecified atom stereocenters. The molecule has 0 bridgehead atoms. The number of nitrogens with one attached hydrogen (secondary N) is 2. The van der Waals surface area contributed by atoms with Crippen LogP contribution in [-0.2, 0) is 0 Å². The Labute approximate surface area is 154 Å². The van der Waals surface area contributed by atoms with Crippen LogP contribution in [-0.4, -0.2) is 25.1 Å². The Morgan fingerprint density at radius 3 is 2.37 bits per heavy atom. The molecule has 1 aromatic heterocycles. The molecular formula is C20H17FN2O4. The second-order valence-electron chi connectivity index (χ2n) is 5.64. The van der Waals surface area contributed by atoms with E-state index in [-0.39, 0.29) is 11.4 Å². The Morgan fingerprint density at radius 1 is 1.00 bits per heavy atom. The number of methoxy groups -OCH3 is 2. The van der Waals surface area contributed by atoms with Crippen LogP contribution in [0.2, 0.25) is 0 Å². The summed E-state index contributed by atoms with van der Waals surface area (Å²) in [7, 11) is 2.99. The number of aromatic amines is 1. The number of pyridine rings is 1. The topological polar surface area (TPSA) is 80.4 Å². The third kappa shape index (κ3) is 3.98. The third-order valence-corrected chi connectivity index (χ3v) is 3.97. The number of rotatable bonds is 5. The second-order valence-corrected chi connectivity index (χ2v) is 5.64. The molecule has 0 radical (unpaired) electrons. The van der Waals surface area contributed by atoms with Gasteiger partial charge < -0.3 is 19.8 Å². The van der Waals surface area contributed by atoms with E-state index in [1.165, 1.54) is 32.4 Å². The average molecular weight is 368 g/mol. The van der Waals surface area contributed by atoms with Gasteiger partial charge >= 0.3 is 0 Å². The van der Waals surface area contributed by atoms with Gasteiger partial charge in [0, 0.05) is 11.8 Å². The summed E-state index contributed by atoms with van der Waals surface area (Å²) in [6, 6.07) is 13.6. The summed E-state index contributed by atoms with van der Waals surface area (Å²) < 4.78 is 23.4. The van der Waals surface area contributed by atoms with Crippen LogP contribution in [0.15, 0.2) is 59.4 Å². The zero-order valence-corrected chi connectivity index (χ0v) is 14.7. The predicted octanol–water partition coefficient (Wildman–Crippen LogP) is 3.45. The van der Waals surface area contributed by atoms with Gasteiger partial charge in [0.1, 0.15) is 22.9 Å². The van der Waals surface area contributed by atoms with Crippen molar-refractivity contribution in [2.45, 2.75) is 0 Å². The monoisotopic (exact) mass is 368 g/mol. The van der Waals surface area contributed by atoms with E-state index in [1.54, 1.807) is 36.4 Å². The van der Waals surface area contributed by atoms with Crippen molar-refractivity contribution in [2.24, 2.45) is 0 Å². The fraction of sp³-hybridized carbons (Fsp3) is 0.100. The second kappa shape index (κ2) is 7.74. The first-order chi connectivity index (χ1) is 13.0. The molecule has 1 heterocycles. The highest BCUT2D eigenvalue weighted by molar-refractivity contribution is 6.05. The molecule has 138 valence electrons. The Balaban J connectivity index is 1.85. The SMILES string of the molecule is COc1ccc(NC(=O)c2ccc(-c3ccc(F)cc3)[nH]c2=O)c(OC)c1. The number of hydrogen-bond acceptors (Lipinski definition) is 4. The number of ether oxygens (including phenoxy) is 2. The molecule has 27 heavy (non-hydrogen) atoms. The van der Waals surface area contributed by atoms with E-state index in [0.717, 1.165) is 0 Å². The van der Waals surface area contributed by atoms with Crippen molar-refractivity contribution in [3.63, 3.8) is 0 Å². The minimum absolute atomic E-state index is 0.0567. The number of benzene rings is 2. The predicted molar refractivity (Wildman–Crippen MR) is 100.0 cm³/mol. The molecule has 1 amide bonds. The van der Waals surface area contributed by atoms with Gasteiger partial charge in [0.15, 0.2) is 0 Å². The maximum atomic E-state index is 13.0. The lowest BCUT2D eigenvalue weighted by molar-refractivity contribution is 0.102. The number of carbonyl (C=O) groups is 1. The van der Waals surface area contributed by atoms with E-state index in [9.17, 15) is 14.0 Å². The van der Waals surface area contributed by atoms with E-state index in [2.05, 4.69) is 10.3 Å². The lowest BCUT2D eigenvalue weighted by atomic mass is 10.1. The lowest BCUT2D eigenvalue weighted by Crippen LogP contribution is -2.23. The average Bonchev–Trinajstić information content (AvgIpc) is 2.68. The maximum Gasteiger partial charge on any atom is 0.261 e. The summed E-state index contributed by atoms with van der Waals surface area (Å²) in [5, 5.41) is 2.65. The number of halogens is 1. The van der Waals surface area contributed by atoms with E-state index >= 15 is 0 Å². The molecule has 3 aromatic rings. The number of H-pyrrole nitrogens is 1. The molecule has 0 atom stereocenters. The van der Waals surface area contributed by atoms with Crippen molar-refractivity contribution in [2.75, 3.05) is 19.5 Å². The molecule has 0 aliphatic heterocycles. The molecule has 7 heteroatoms. The summed E-state index contributed by atoms with van der Waals surface area (Å²) in [5.41, 5.74) is 0.918. The van der Waals surface area contributed by atoms with Crippen molar-refractivity contribution in [3.8, 4) is 22.8 Å². The van der Waals surface area contributed by atoms with E-state index < -0.39 is 11.5 Å². The fourth-order valence-electron chi connectivity index (χ4n) is 2.54. The van der Waals surface area contributed by atoms with E-state index in [0.29, 0.717) is 28.4 Å². The molecule has 0 fully saturated rings. The van der Waals surface area contributed by atoms with Gasteiger partial charge in [0.25, 0.3) is 11.5 Å². The number of hydrogen-bond donors (Lipinski definition) is 2. The molecule has 0 saturated carbocycles.